The number of halogens is 3. The number of alkyl halides is 3. The van der Waals surface area contributed by atoms with Crippen molar-refractivity contribution < 1.29 is 22.7 Å². The first-order valence-corrected chi connectivity index (χ1v) is 15.1. The second-order valence-electron chi connectivity index (χ2n) is 10.9. The number of nitrogens with zero attached hydrogens (tertiary/aromatic N) is 5. The lowest BCUT2D eigenvalue weighted by molar-refractivity contribution is -0.274. The number of benzene rings is 3. The van der Waals surface area contributed by atoms with Crippen molar-refractivity contribution >= 4 is 45.9 Å². The molecule has 8 nitrogen and oxygen atoms in total. The Morgan fingerprint density at radius 3 is 2.43 bits per heavy atom. The number of carbonyl (C=O) groups excluding carboxylic acids is 1. The third kappa shape index (κ3) is 7.64. The lowest BCUT2D eigenvalue weighted by Gasteiger charge is -2.27. The van der Waals surface area contributed by atoms with Gasteiger partial charge < -0.3 is 10.1 Å². The van der Waals surface area contributed by atoms with E-state index in [1.807, 2.05) is 48.5 Å². The van der Waals surface area contributed by atoms with Crippen LogP contribution in [0.2, 0.25) is 0 Å². The SMILES string of the molecule is CC(C)(C)c1ccccc1N1C(=O)CS/C1=N\C(=S)NCCc1ccc(-c2ncn(-c3ccc(OC(F)(F)F)cc3)n2)cc1. The summed E-state index contributed by atoms with van der Waals surface area (Å²) < 4.78 is 42.6. The lowest BCUT2D eigenvalue weighted by atomic mass is 9.85. The van der Waals surface area contributed by atoms with Gasteiger partial charge in [0.1, 0.15) is 12.1 Å². The Bertz CT molecular complexity index is 1680. The van der Waals surface area contributed by atoms with Crippen LogP contribution in [0.1, 0.15) is 31.9 Å². The number of para-hydroxylation sites is 1. The number of thiocarbonyl (C=S) groups is 1. The predicted molar refractivity (Wildman–Crippen MR) is 170 cm³/mol. The normalized spacial score (nSPS) is 14.7. The van der Waals surface area contributed by atoms with Crippen molar-refractivity contribution in [1.29, 1.82) is 0 Å². The summed E-state index contributed by atoms with van der Waals surface area (Å²) in [7, 11) is 0. The fourth-order valence-electron chi connectivity index (χ4n) is 4.57. The van der Waals surface area contributed by atoms with E-state index in [4.69, 9.17) is 12.2 Å². The molecule has 1 N–H and O–H groups in total. The Labute approximate surface area is 262 Å². The zero-order valence-corrected chi connectivity index (χ0v) is 25.8. The monoisotopic (exact) mass is 638 g/mol. The molecule has 3 aromatic carbocycles. The van der Waals surface area contributed by atoms with Crippen LogP contribution >= 0.6 is 24.0 Å². The summed E-state index contributed by atoms with van der Waals surface area (Å²) in [5.74, 6) is 0.448. The maximum atomic E-state index is 12.8. The molecule has 0 atom stereocenters. The molecular formula is C31H29F3N6O2S2. The number of nitrogens with one attached hydrogen (secondary N) is 1. The molecule has 0 radical (unpaired) electrons. The van der Waals surface area contributed by atoms with Gasteiger partial charge >= 0.3 is 6.36 Å². The number of aromatic nitrogens is 3. The number of hydrogen-bond acceptors (Lipinski definition) is 6. The van der Waals surface area contributed by atoms with Gasteiger partial charge in [0.15, 0.2) is 16.1 Å². The maximum Gasteiger partial charge on any atom is 0.573 e. The van der Waals surface area contributed by atoms with E-state index in [9.17, 15) is 18.0 Å². The molecule has 1 amide bonds. The molecule has 0 saturated carbocycles. The number of rotatable bonds is 7. The van der Waals surface area contributed by atoms with Crippen LogP contribution in [-0.4, -0.2) is 49.6 Å². The first-order chi connectivity index (χ1) is 20.9. The van der Waals surface area contributed by atoms with E-state index < -0.39 is 6.36 Å². The van der Waals surface area contributed by atoms with E-state index in [0.29, 0.717) is 40.5 Å². The van der Waals surface area contributed by atoms with Crippen LogP contribution in [0, 0.1) is 0 Å². The van der Waals surface area contributed by atoms with Crippen LogP contribution in [0.25, 0.3) is 17.1 Å². The Kier molecular flexibility index (Phi) is 9.07. The Morgan fingerprint density at radius 2 is 1.75 bits per heavy atom. The fourth-order valence-corrected chi connectivity index (χ4v) is 5.68. The summed E-state index contributed by atoms with van der Waals surface area (Å²) in [6, 6.07) is 21.0. The number of hydrogen-bond donors (Lipinski definition) is 1. The molecule has 2 heterocycles. The number of ether oxygens (including phenoxy) is 1. The van der Waals surface area contributed by atoms with Crippen LogP contribution < -0.4 is 15.0 Å². The largest absolute Gasteiger partial charge is 0.573 e. The van der Waals surface area contributed by atoms with Gasteiger partial charge in [0.25, 0.3) is 0 Å². The minimum Gasteiger partial charge on any atom is -0.406 e. The number of aliphatic imine (C=N–C) groups is 1. The number of amidine groups is 1. The van der Waals surface area contributed by atoms with Crippen LogP contribution in [0.5, 0.6) is 5.75 Å². The van der Waals surface area contributed by atoms with Crippen LogP contribution in [0.4, 0.5) is 18.9 Å². The third-order valence-corrected chi connectivity index (χ3v) is 7.80. The smallest absolute Gasteiger partial charge is 0.406 e. The average Bonchev–Trinajstić information content (AvgIpc) is 3.60. The molecule has 1 aromatic heterocycles. The Morgan fingerprint density at radius 1 is 1.05 bits per heavy atom. The molecular weight excluding hydrogens is 610 g/mol. The molecule has 5 rings (SSSR count). The van der Waals surface area contributed by atoms with Gasteiger partial charge in [-0.15, -0.1) is 18.3 Å². The summed E-state index contributed by atoms with van der Waals surface area (Å²) >= 11 is 6.86. The van der Waals surface area contributed by atoms with E-state index in [1.54, 1.807) is 4.90 Å². The molecule has 4 aromatic rings. The molecule has 44 heavy (non-hydrogen) atoms. The minimum absolute atomic E-state index is 0.0268. The van der Waals surface area contributed by atoms with Crippen molar-refractivity contribution in [2.75, 3.05) is 17.2 Å². The van der Waals surface area contributed by atoms with Gasteiger partial charge in [0.2, 0.25) is 5.91 Å². The molecule has 1 fully saturated rings. The molecule has 0 bridgehead atoms. The van der Waals surface area contributed by atoms with Gasteiger partial charge in [-0.3, -0.25) is 9.69 Å². The first kappa shape index (κ1) is 31.2. The Balaban J connectivity index is 1.17. The molecule has 0 aliphatic carbocycles. The standard InChI is InChI=1S/C31H29F3N6O2S2/c1-30(2,3)24-6-4-5-7-25(24)40-26(41)18-44-29(40)37-28(43)35-17-16-20-8-10-21(11-9-20)27-36-19-39(38-27)22-12-14-23(15-13-22)42-31(32,33)34/h4-15,19H,16-18H2,1-3H3,(H,35,43)/b37-29-. The molecule has 228 valence electrons. The number of amides is 1. The van der Waals surface area contributed by atoms with Crippen LogP contribution in [0.3, 0.4) is 0 Å². The van der Waals surface area contributed by atoms with Gasteiger partial charge in [0, 0.05) is 12.1 Å². The summed E-state index contributed by atoms with van der Waals surface area (Å²) in [4.78, 5) is 23.4. The Hall–Kier alpha value is -4.23. The quantitative estimate of drug-likeness (QED) is 0.226. The van der Waals surface area contributed by atoms with Crippen molar-refractivity contribution in [3.05, 3.63) is 90.3 Å². The summed E-state index contributed by atoms with van der Waals surface area (Å²) in [5.41, 5.74) is 4.12. The summed E-state index contributed by atoms with van der Waals surface area (Å²) in [5, 5.41) is 8.48. The zero-order valence-electron chi connectivity index (χ0n) is 24.1. The van der Waals surface area contributed by atoms with Crippen molar-refractivity contribution in [2.45, 2.75) is 39.0 Å². The third-order valence-electron chi connectivity index (χ3n) is 6.64. The van der Waals surface area contributed by atoms with Crippen LogP contribution in [-0.2, 0) is 16.6 Å². The van der Waals surface area contributed by atoms with Gasteiger partial charge in [-0.1, -0.05) is 75.0 Å². The highest BCUT2D eigenvalue weighted by atomic mass is 32.2. The zero-order chi connectivity index (χ0) is 31.5. The predicted octanol–water partition coefficient (Wildman–Crippen LogP) is 6.68. The average molecular weight is 639 g/mol. The fraction of sp³-hybridized carbons (Fsp3) is 0.258. The van der Waals surface area contributed by atoms with Gasteiger partial charge in [-0.25, -0.2) is 9.67 Å². The van der Waals surface area contributed by atoms with E-state index >= 15 is 0 Å². The van der Waals surface area contributed by atoms with E-state index in [0.717, 1.165) is 22.4 Å². The molecule has 0 unspecified atom stereocenters. The number of anilines is 1. The summed E-state index contributed by atoms with van der Waals surface area (Å²) in [6.45, 7) is 6.88. The van der Waals surface area contributed by atoms with Crippen molar-refractivity contribution in [2.24, 2.45) is 4.99 Å². The highest BCUT2D eigenvalue weighted by Crippen LogP contribution is 2.36. The second-order valence-corrected chi connectivity index (χ2v) is 12.2. The van der Waals surface area contributed by atoms with E-state index in [-0.39, 0.29) is 17.1 Å². The lowest BCUT2D eigenvalue weighted by Crippen LogP contribution is -2.33. The highest BCUT2D eigenvalue weighted by molar-refractivity contribution is 8.15. The van der Waals surface area contributed by atoms with Gasteiger partial charge in [-0.2, -0.15) is 4.99 Å². The van der Waals surface area contributed by atoms with Crippen molar-refractivity contribution in [1.82, 2.24) is 20.1 Å². The van der Waals surface area contributed by atoms with Crippen molar-refractivity contribution in [3.63, 3.8) is 0 Å². The van der Waals surface area contributed by atoms with E-state index in [1.165, 1.54) is 47.0 Å². The van der Waals surface area contributed by atoms with Gasteiger partial charge in [-0.05, 0) is 65.5 Å². The second kappa shape index (κ2) is 12.8. The highest BCUT2D eigenvalue weighted by Gasteiger charge is 2.33. The van der Waals surface area contributed by atoms with Gasteiger partial charge in [0.05, 0.1) is 17.1 Å². The number of carbonyl (C=O) groups is 1. The minimum atomic E-state index is -4.75. The molecule has 1 aliphatic rings. The molecule has 13 heteroatoms. The van der Waals surface area contributed by atoms with E-state index in [2.05, 4.69) is 45.9 Å². The topological polar surface area (TPSA) is 84.6 Å². The molecule has 0 spiro atoms. The summed E-state index contributed by atoms with van der Waals surface area (Å²) in [6.07, 6.45) is -2.57. The molecule has 1 saturated heterocycles. The molecule has 1 aliphatic heterocycles. The number of thioether (sulfide) groups is 1. The maximum absolute atomic E-state index is 12.8. The van der Waals surface area contributed by atoms with Crippen molar-refractivity contribution in [3.8, 4) is 22.8 Å². The van der Waals surface area contributed by atoms with Crippen LogP contribution in [0.15, 0.2) is 84.1 Å². The first-order valence-electron chi connectivity index (χ1n) is 13.7.